The Morgan fingerprint density at radius 3 is 2.43 bits per heavy atom. The second kappa shape index (κ2) is 10.8. The number of benzene rings is 2. The van der Waals surface area contributed by atoms with Gasteiger partial charge >= 0.3 is 0 Å². The number of fused-ring (bicyclic) bond motifs is 1. The van der Waals surface area contributed by atoms with E-state index in [4.69, 9.17) is 10.7 Å². The first kappa shape index (κ1) is 26.7. The summed E-state index contributed by atoms with van der Waals surface area (Å²) in [6.45, 7) is 3.16. The fourth-order valence-electron chi connectivity index (χ4n) is 3.93. The lowest BCUT2D eigenvalue weighted by molar-refractivity contribution is -0.134. The van der Waals surface area contributed by atoms with E-state index in [9.17, 15) is 17.6 Å². The number of amides is 1. The molecular formula is C24H30FN5O3S2. The topological polar surface area (TPSA) is 110 Å². The maximum Gasteiger partial charge on any atom is 0.239 e. The minimum Gasteiger partial charge on any atom is -0.340 e. The fraction of sp³-hybridized carbons (Fsp3) is 0.333. The standard InChI is InChI=1S/C24H28FN5O3S.H2S/c1-16-3-9-19(10-4-16)27-23-22(17-5-7-18(25)8-6-17)28-21-15-29(12-13-30(21)23)24(31)20(26)11-14-34(2,32)33;/h3-10,20,27H,11-15,26H2,1-2H3;1H2/t20-;/m0./s1. The predicted molar refractivity (Wildman–Crippen MR) is 140 cm³/mol. The molecule has 0 saturated carbocycles. The lowest BCUT2D eigenvalue weighted by Crippen LogP contribution is -2.47. The fourth-order valence-corrected chi connectivity index (χ4v) is 4.61. The molecule has 1 aromatic heterocycles. The third-order valence-electron chi connectivity index (χ3n) is 5.83. The first-order valence-corrected chi connectivity index (χ1v) is 13.1. The largest absolute Gasteiger partial charge is 0.340 e. The Balaban J connectivity index is 0.00000342. The monoisotopic (exact) mass is 519 g/mol. The summed E-state index contributed by atoms with van der Waals surface area (Å²) in [5.74, 6) is 0.666. The van der Waals surface area contributed by atoms with Crippen molar-refractivity contribution >= 4 is 40.7 Å². The smallest absolute Gasteiger partial charge is 0.239 e. The van der Waals surface area contributed by atoms with E-state index in [1.807, 2.05) is 35.8 Å². The number of hydrogen-bond acceptors (Lipinski definition) is 6. The SMILES string of the molecule is Cc1ccc(Nc2c(-c3ccc(F)cc3)nc3n2CCN(C(=O)[C@@H](N)CCS(C)(=O)=O)C3)cc1.S. The summed E-state index contributed by atoms with van der Waals surface area (Å²) in [4.78, 5) is 19.3. The van der Waals surface area contributed by atoms with E-state index in [-0.39, 0.29) is 43.9 Å². The molecule has 1 amide bonds. The van der Waals surface area contributed by atoms with Crippen LogP contribution in [0.4, 0.5) is 15.9 Å². The van der Waals surface area contributed by atoms with E-state index in [0.717, 1.165) is 28.9 Å². The van der Waals surface area contributed by atoms with Gasteiger partial charge in [-0.15, -0.1) is 0 Å². The van der Waals surface area contributed by atoms with Gasteiger partial charge in [0.15, 0.2) is 0 Å². The first-order chi connectivity index (χ1) is 16.1. The van der Waals surface area contributed by atoms with E-state index in [2.05, 4.69) is 5.32 Å². The van der Waals surface area contributed by atoms with Gasteiger partial charge in [0.05, 0.1) is 18.3 Å². The van der Waals surface area contributed by atoms with Crippen molar-refractivity contribution in [2.45, 2.75) is 32.5 Å². The van der Waals surface area contributed by atoms with Crippen LogP contribution in [0.15, 0.2) is 48.5 Å². The average Bonchev–Trinajstić information content (AvgIpc) is 3.16. The predicted octanol–water partition coefficient (Wildman–Crippen LogP) is 2.96. The zero-order valence-corrected chi connectivity index (χ0v) is 21.5. The molecule has 0 radical (unpaired) electrons. The molecule has 188 valence electrons. The van der Waals surface area contributed by atoms with Gasteiger partial charge < -0.3 is 20.5 Å². The highest BCUT2D eigenvalue weighted by atomic mass is 32.2. The van der Waals surface area contributed by atoms with Crippen molar-refractivity contribution in [2.75, 3.05) is 23.9 Å². The van der Waals surface area contributed by atoms with Gasteiger partial charge in [-0.2, -0.15) is 13.5 Å². The first-order valence-electron chi connectivity index (χ1n) is 11.0. The van der Waals surface area contributed by atoms with Crippen LogP contribution in [0.25, 0.3) is 11.3 Å². The van der Waals surface area contributed by atoms with Gasteiger partial charge in [-0.25, -0.2) is 17.8 Å². The zero-order chi connectivity index (χ0) is 24.5. The minimum absolute atomic E-state index is 0. The molecule has 0 unspecified atom stereocenters. The van der Waals surface area contributed by atoms with Gasteiger partial charge in [0.1, 0.15) is 33.0 Å². The Hall–Kier alpha value is -2.89. The van der Waals surface area contributed by atoms with Crippen molar-refractivity contribution in [1.29, 1.82) is 0 Å². The molecule has 1 aliphatic rings. The molecule has 11 heteroatoms. The Labute approximate surface area is 211 Å². The quantitative estimate of drug-likeness (QED) is 0.497. The van der Waals surface area contributed by atoms with E-state index >= 15 is 0 Å². The molecule has 0 bridgehead atoms. The number of carbonyl (C=O) groups excluding carboxylic acids is 1. The molecule has 0 aliphatic carbocycles. The van der Waals surface area contributed by atoms with Gasteiger partial charge in [-0.05, 0) is 49.7 Å². The molecule has 0 fully saturated rings. The maximum atomic E-state index is 13.5. The number of rotatable bonds is 7. The number of aryl methyl sites for hydroxylation is 1. The summed E-state index contributed by atoms with van der Waals surface area (Å²) in [7, 11) is -3.20. The molecule has 0 spiro atoms. The highest BCUT2D eigenvalue weighted by Gasteiger charge is 2.29. The molecule has 3 N–H and O–H groups in total. The van der Waals surface area contributed by atoms with Crippen molar-refractivity contribution < 1.29 is 17.6 Å². The second-order valence-electron chi connectivity index (χ2n) is 8.66. The van der Waals surface area contributed by atoms with E-state index in [1.54, 1.807) is 17.0 Å². The van der Waals surface area contributed by atoms with Crippen LogP contribution in [0, 0.1) is 12.7 Å². The lowest BCUT2D eigenvalue weighted by atomic mass is 10.1. The molecule has 2 aromatic carbocycles. The molecule has 8 nitrogen and oxygen atoms in total. The molecule has 1 aliphatic heterocycles. The molecule has 35 heavy (non-hydrogen) atoms. The number of sulfone groups is 1. The number of aromatic nitrogens is 2. The van der Waals surface area contributed by atoms with E-state index in [0.29, 0.717) is 24.6 Å². The number of nitrogens with one attached hydrogen (secondary N) is 1. The Morgan fingerprint density at radius 1 is 1.14 bits per heavy atom. The molecule has 2 heterocycles. The molecule has 1 atom stereocenters. The van der Waals surface area contributed by atoms with Gasteiger partial charge in [-0.3, -0.25) is 4.79 Å². The number of hydrogen-bond donors (Lipinski definition) is 2. The normalized spacial score (nSPS) is 14.1. The van der Waals surface area contributed by atoms with Gasteiger partial charge in [0.2, 0.25) is 5.91 Å². The van der Waals surface area contributed by atoms with Crippen LogP contribution < -0.4 is 11.1 Å². The number of nitrogens with two attached hydrogens (primary N) is 1. The Morgan fingerprint density at radius 2 is 1.80 bits per heavy atom. The van der Waals surface area contributed by atoms with Crippen molar-refractivity contribution in [3.8, 4) is 11.3 Å². The summed E-state index contributed by atoms with van der Waals surface area (Å²) in [6, 6.07) is 13.2. The van der Waals surface area contributed by atoms with Gasteiger partial charge in [-0.1, -0.05) is 17.7 Å². The summed E-state index contributed by atoms with van der Waals surface area (Å²) < 4.78 is 38.4. The van der Waals surface area contributed by atoms with Crippen molar-refractivity contribution in [3.05, 3.63) is 65.7 Å². The number of anilines is 2. The lowest BCUT2D eigenvalue weighted by Gasteiger charge is -2.30. The number of imidazole rings is 1. The van der Waals surface area contributed by atoms with Crippen LogP contribution in [0.2, 0.25) is 0 Å². The highest BCUT2D eigenvalue weighted by Crippen LogP contribution is 2.33. The third-order valence-corrected chi connectivity index (χ3v) is 6.81. The summed E-state index contributed by atoms with van der Waals surface area (Å²) in [5, 5.41) is 3.44. The summed E-state index contributed by atoms with van der Waals surface area (Å²) in [5.41, 5.74) is 9.44. The summed E-state index contributed by atoms with van der Waals surface area (Å²) >= 11 is 0. The van der Waals surface area contributed by atoms with Crippen LogP contribution in [0.3, 0.4) is 0 Å². The average molecular weight is 520 g/mol. The third kappa shape index (κ3) is 6.41. The Bertz CT molecular complexity index is 1290. The number of nitrogens with zero attached hydrogens (tertiary/aromatic N) is 3. The van der Waals surface area contributed by atoms with Crippen LogP contribution in [-0.2, 0) is 27.7 Å². The zero-order valence-electron chi connectivity index (χ0n) is 19.7. The van der Waals surface area contributed by atoms with Gasteiger partial charge in [0, 0.05) is 30.6 Å². The molecule has 4 rings (SSSR count). The van der Waals surface area contributed by atoms with Crippen molar-refractivity contribution in [2.24, 2.45) is 5.73 Å². The van der Waals surface area contributed by atoms with E-state index in [1.165, 1.54) is 12.1 Å². The number of halogens is 1. The summed E-state index contributed by atoms with van der Waals surface area (Å²) in [6.07, 6.45) is 1.20. The van der Waals surface area contributed by atoms with Gasteiger partial charge in [0.25, 0.3) is 0 Å². The molecule has 0 saturated heterocycles. The van der Waals surface area contributed by atoms with Crippen molar-refractivity contribution in [3.63, 3.8) is 0 Å². The number of carbonyl (C=O) groups is 1. The van der Waals surface area contributed by atoms with Crippen molar-refractivity contribution in [1.82, 2.24) is 14.5 Å². The van der Waals surface area contributed by atoms with E-state index < -0.39 is 15.9 Å². The van der Waals surface area contributed by atoms with Crippen LogP contribution in [-0.4, -0.2) is 53.4 Å². The minimum atomic E-state index is -3.20. The molecular weight excluding hydrogens is 489 g/mol. The molecule has 3 aromatic rings. The van der Waals surface area contributed by atoms with Crippen LogP contribution >= 0.6 is 13.5 Å². The Kier molecular flexibility index (Phi) is 8.24. The highest BCUT2D eigenvalue weighted by molar-refractivity contribution is 7.90. The van der Waals surface area contributed by atoms with Crippen LogP contribution in [0.5, 0.6) is 0 Å². The second-order valence-corrected chi connectivity index (χ2v) is 10.9. The maximum absolute atomic E-state index is 13.5. The van der Waals surface area contributed by atoms with Crippen LogP contribution in [0.1, 0.15) is 17.8 Å².